The Balaban J connectivity index is 1.31. The van der Waals surface area contributed by atoms with Crippen LogP contribution < -0.4 is 10.1 Å². The third-order valence-corrected chi connectivity index (χ3v) is 6.00. The Labute approximate surface area is 198 Å². The van der Waals surface area contributed by atoms with Crippen LogP contribution in [0.3, 0.4) is 0 Å². The molecule has 1 N–H and O–H groups in total. The summed E-state index contributed by atoms with van der Waals surface area (Å²) in [7, 11) is 0. The van der Waals surface area contributed by atoms with Crippen LogP contribution in [0.2, 0.25) is 0 Å². The average Bonchev–Trinajstić information content (AvgIpc) is 3.38. The number of likely N-dealkylation sites (tertiary alicyclic amines) is 1. The molecule has 0 saturated carbocycles. The Kier molecular flexibility index (Phi) is 8.20. The molecule has 1 saturated heterocycles. The van der Waals surface area contributed by atoms with Crippen molar-refractivity contribution < 1.29 is 18.3 Å². The summed E-state index contributed by atoms with van der Waals surface area (Å²) >= 11 is 0. The third-order valence-electron chi connectivity index (χ3n) is 6.00. The lowest BCUT2D eigenvalue weighted by Crippen LogP contribution is -2.27. The van der Waals surface area contributed by atoms with Gasteiger partial charge in [0.2, 0.25) is 0 Å². The molecule has 34 heavy (non-hydrogen) atoms. The van der Waals surface area contributed by atoms with Crippen molar-refractivity contribution in [2.24, 2.45) is 0 Å². The van der Waals surface area contributed by atoms with Crippen LogP contribution in [0.1, 0.15) is 47.0 Å². The van der Waals surface area contributed by atoms with E-state index in [9.17, 15) is 13.6 Å². The van der Waals surface area contributed by atoms with Gasteiger partial charge in [-0.2, -0.15) is 0 Å². The van der Waals surface area contributed by atoms with Crippen LogP contribution in [0.5, 0.6) is 5.75 Å². The van der Waals surface area contributed by atoms with Gasteiger partial charge in [-0.25, -0.2) is 8.78 Å². The van der Waals surface area contributed by atoms with Gasteiger partial charge in [0.25, 0.3) is 5.91 Å². The summed E-state index contributed by atoms with van der Waals surface area (Å²) in [4.78, 5) is 19.5. The lowest BCUT2D eigenvalue weighted by atomic mass is 10.1. The fraction of sp³-hybridized carbons (Fsp3) is 0.333. The summed E-state index contributed by atoms with van der Waals surface area (Å²) in [6, 6.07) is 15.5. The van der Waals surface area contributed by atoms with Gasteiger partial charge in [0, 0.05) is 37.8 Å². The molecule has 1 aliphatic heterocycles. The zero-order valence-electron chi connectivity index (χ0n) is 19.1. The number of rotatable bonds is 10. The van der Waals surface area contributed by atoms with E-state index in [2.05, 4.69) is 15.2 Å². The molecule has 0 aliphatic carbocycles. The van der Waals surface area contributed by atoms with Crippen LogP contribution in [0.25, 0.3) is 0 Å². The number of hydrogen-bond acceptors (Lipinski definition) is 4. The molecule has 2 heterocycles. The molecule has 0 radical (unpaired) electrons. The molecule has 1 unspecified atom stereocenters. The predicted molar refractivity (Wildman–Crippen MR) is 127 cm³/mol. The van der Waals surface area contributed by atoms with Crippen LogP contribution in [-0.2, 0) is 6.42 Å². The SMILES string of the molecule is O=C(NCCC(Oc1ccc(F)cc1)c1ccc(F)cc1)c1ccc(CCN2CCCC2)nc1. The van der Waals surface area contributed by atoms with Gasteiger partial charge in [-0.1, -0.05) is 12.1 Å². The molecule has 1 aliphatic rings. The number of halogens is 2. The van der Waals surface area contributed by atoms with Crippen molar-refractivity contribution >= 4 is 5.91 Å². The monoisotopic (exact) mass is 465 g/mol. The molecule has 0 bridgehead atoms. The second kappa shape index (κ2) is 11.7. The van der Waals surface area contributed by atoms with Crippen molar-refractivity contribution in [1.29, 1.82) is 0 Å². The molecule has 5 nitrogen and oxygen atoms in total. The molecule has 0 spiro atoms. The Bertz CT molecular complexity index is 1050. The molecule has 1 atom stereocenters. The molecule has 7 heteroatoms. The molecule has 1 aromatic heterocycles. The van der Waals surface area contributed by atoms with Crippen molar-refractivity contribution in [3.8, 4) is 5.75 Å². The second-order valence-electron chi connectivity index (χ2n) is 8.49. The van der Waals surface area contributed by atoms with Crippen LogP contribution in [0.15, 0.2) is 66.9 Å². The summed E-state index contributed by atoms with van der Waals surface area (Å²) in [5.74, 6) is -0.406. The van der Waals surface area contributed by atoms with Crippen molar-refractivity contribution in [3.63, 3.8) is 0 Å². The fourth-order valence-corrected chi connectivity index (χ4v) is 4.05. The highest BCUT2D eigenvalue weighted by Crippen LogP contribution is 2.25. The first kappa shape index (κ1) is 23.8. The van der Waals surface area contributed by atoms with Crippen molar-refractivity contribution in [2.45, 2.75) is 31.8 Å². The topological polar surface area (TPSA) is 54.5 Å². The van der Waals surface area contributed by atoms with Crippen molar-refractivity contribution in [2.75, 3.05) is 26.2 Å². The minimum atomic E-state index is -0.433. The molecule has 4 rings (SSSR count). The second-order valence-corrected chi connectivity index (χ2v) is 8.49. The lowest BCUT2D eigenvalue weighted by molar-refractivity contribution is 0.0945. The summed E-state index contributed by atoms with van der Waals surface area (Å²) in [6.45, 7) is 3.66. The van der Waals surface area contributed by atoms with Crippen LogP contribution >= 0.6 is 0 Å². The van der Waals surface area contributed by atoms with E-state index < -0.39 is 6.10 Å². The number of pyridine rings is 1. The largest absolute Gasteiger partial charge is 0.486 e. The predicted octanol–water partition coefficient (Wildman–Crippen LogP) is 4.94. The quantitative estimate of drug-likeness (QED) is 0.461. The van der Waals surface area contributed by atoms with Crippen LogP contribution in [0, 0.1) is 11.6 Å². The number of nitrogens with one attached hydrogen (secondary N) is 1. The standard InChI is InChI=1S/C27H29F2N3O2/c28-22-6-3-20(4-7-22)26(34-25-11-8-23(29)9-12-25)13-15-30-27(33)21-5-10-24(31-19-21)14-18-32-16-1-2-17-32/h3-12,19,26H,1-2,13-18H2,(H,30,33). The molecular formula is C27H29F2N3O2. The van der Waals surface area contributed by atoms with E-state index in [1.807, 2.05) is 6.07 Å². The Morgan fingerprint density at radius 1 is 0.971 bits per heavy atom. The number of carbonyl (C=O) groups excluding carboxylic acids is 1. The number of carbonyl (C=O) groups is 1. The van der Waals surface area contributed by atoms with E-state index >= 15 is 0 Å². The van der Waals surface area contributed by atoms with Gasteiger partial charge in [-0.3, -0.25) is 9.78 Å². The van der Waals surface area contributed by atoms with Gasteiger partial charge in [-0.15, -0.1) is 0 Å². The zero-order valence-corrected chi connectivity index (χ0v) is 19.1. The van der Waals surface area contributed by atoms with Crippen LogP contribution in [-0.4, -0.2) is 42.0 Å². The first-order valence-electron chi connectivity index (χ1n) is 11.7. The van der Waals surface area contributed by atoms with Crippen LogP contribution in [0.4, 0.5) is 8.78 Å². The van der Waals surface area contributed by atoms with Gasteiger partial charge in [0.1, 0.15) is 23.5 Å². The Morgan fingerprint density at radius 2 is 1.65 bits per heavy atom. The normalized spacial score (nSPS) is 14.6. The fourth-order valence-electron chi connectivity index (χ4n) is 4.05. The van der Waals surface area contributed by atoms with E-state index in [-0.39, 0.29) is 17.5 Å². The maximum atomic E-state index is 13.4. The van der Waals surface area contributed by atoms with Gasteiger partial charge in [-0.05, 0) is 80.0 Å². The minimum Gasteiger partial charge on any atom is -0.486 e. The molecular weight excluding hydrogens is 436 g/mol. The maximum Gasteiger partial charge on any atom is 0.252 e. The summed E-state index contributed by atoms with van der Waals surface area (Å²) in [5, 5.41) is 2.90. The number of benzene rings is 2. The Morgan fingerprint density at radius 3 is 2.29 bits per heavy atom. The number of ether oxygens (including phenoxy) is 1. The number of amides is 1. The average molecular weight is 466 g/mol. The van der Waals surface area contributed by atoms with Gasteiger partial charge < -0.3 is 15.0 Å². The summed E-state index contributed by atoms with van der Waals surface area (Å²) in [6.07, 6.45) is 5.05. The maximum absolute atomic E-state index is 13.4. The lowest BCUT2D eigenvalue weighted by Gasteiger charge is -2.20. The van der Waals surface area contributed by atoms with Crippen molar-refractivity contribution in [1.82, 2.24) is 15.2 Å². The van der Waals surface area contributed by atoms with Gasteiger partial charge in [0.15, 0.2) is 0 Å². The van der Waals surface area contributed by atoms with E-state index in [0.29, 0.717) is 24.3 Å². The summed E-state index contributed by atoms with van der Waals surface area (Å²) in [5.41, 5.74) is 2.25. The molecule has 1 amide bonds. The molecule has 1 fully saturated rings. The highest BCUT2D eigenvalue weighted by Gasteiger charge is 2.16. The minimum absolute atomic E-state index is 0.210. The third kappa shape index (κ3) is 6.84. The van der Waals surface area contributed by atoms with E-state index in [0.717, 1.165) is 37.3 Å². The molecule has 3 aromatic rings. The highest BCUT2D eigenvalue weighted by molar-refractivity contribution is 5.93. The van der Waals surface area contributed by atoms with Gasteiger partial charge >= 0.3 is 0 Å². The highest BCUT2D eigenvalue weighted by atomic mass is 19.1. The first-order chi connectivity index (χ1) is 16.6. The first-order valence-corrected chi connectivity index (χ1v) is 11.7. The number of aromatic nitrogens is 1. The number of hydrogen-bond donors (Lipinski definition) is 1. The van der Waals surface area contributed by atoms with E-state index in [1.54, 1.807) is 36.5 Å². The van der Waals surface area contributed by atoms with E-state index in [4.69, 9.17) is 4.74 Å². The van der Waals surface area contributed by atoms with E-state index in [1.165, 1.54) is 37.1 Å². The molecule has 178 valence electrons. The number of nitrogens with zero attached hydrogens (tertiary/aromatic N) is 2. The zero-order chi connectivity index (χ0) is 23.8. The summed E-state index contributed by atoms with van der Waals surface area (Å²) < 4.78 is 32.6. The van der Waals surface area contributed by atoms with Gasteiger partial charge in [0.05, 0.1) is 5.56 Å². The Hall–Kier alpha value is -3.32. The smallest absolute Gasteiger partial charge is 0.252 e. The van der Waals surface area contributed by atoms with Crippen molar-refractivity contribution in [3.05, 3.63) is 95.3 Å². The molecule has 2 aromatic carbocycles.